The largest absolute Gasteiger partial charge is 0.337 e. The average molecular weight is 449 g/mol. The Morgan fingerprint density at radius 1 is 1.12 bits per heavy atom. The molecule has 4 rings (SSSR count). The topological polar surface area (TPSA) is 39.7 Å². The summed E-state index contributed by atoms with van der Waals surface area (Å²) in [6, 6.07) is 16.6. The van der Waals surface area contributed by atoms with Gasteiger partial charge in [-0.15, -0.1) is 0 Å². The fourth-order valence-electron chi connectivity index (χ4n) is 4.61. The molecule has 1 aliphatic rings. The van der Waals surface area contributed by atoms with Crippen molar-refractivity contribution in [2.24, 2.45) is 5.92 Å². The number of amides is 1. The lowest BCUT2D eigenvalue weighted by molar-refractivity contribution is 0.0660. The smallest absolute Gasteiger partial charge is 0.253 e. The van der Waals surface area contributed by atoms with Gasteiger partial charge in [0.05, 0.1) is 5.52 Å². The molecule has 1 aliphatic heterocycles. The minimum Gasteiger partial charge on any atom is -0.337 e. The zero-order valence-electron chi connectivity index (χ0n) is 19.6. The highest BCUT2D eigenvalue weighted by atomic mass is 19.1. The van der Waals surface area contributed by atoms with E-state index in [2.05, 4.69) is 14.8 Å². The van der Waals surface area contributed by atoms with E-state index in [1.807, 2.05) is 61.5 Å². The minimum atomic E-state index is -0.145. The maximum Gasteiger partial charge on any atom is 0.253 e. The molecule has 0 aliphatic carbocycles. The molecule has 33 heavy (non-hydrogen) atoms. The van der Waals surface area contributed by atoms with Crippen molar-refractivity contribution in [2.75, 3.05) is 46.8 Å². The van der Waals surface area contributed by atoms with Gasteiger partial charge in [0.15, 0.2) is 0 Å². The molecule has 1 atom stereocenters. The summed E-state index contributed by atoms with van der Waals surface area (Å²) in [4.78, 5) is 24.3. The van der Waals surface area contributed by atoms with Gasteiger partial charge in [-0.05, 0) is 69.7 Å². The van der Waals surface area contributed by atoms with Crippen LogP contribution in [0.3, 0.4) is 0 Å². The van der Waals surface area contributed by atoms with E-state index >= 15 is 0 Å². The summed E-state index contributed by atoms with van der Waals surface area (Å²) in [5.41, 5.74) is 2.33. The van der Waals surface area contributed by atoms with Gasteiger partial charge in [-0.25, -0.2) is 4.39 Å². The van der Waals surface area contributed by atoms with Crippen molar-refractivity contribution >= 4 is 16.8 Å². The fraction of sp³-hybridized carbons (Fsp3) is 0.407. The van der Waals surface area contributed by atoms with E-state index in [0.29, 0.717) is 31.1 Å². The molecule has 1 amide bonds. The fourth-order valence-corrected chi connectivity index (χ4v) is 4.61. The summed E-state index contributed by atoms with van der Waals surface area (Å²) in [7, 11) is 4.06. The second kappa shape index (κ2) is 10.9. The molecule has 1 fully saturated rings. The maximum atomic E-state index is 14.1. The van der Waals surface area contributed by atoms with Crippen LogP contribution >= 0.6 is 0 Å². The highest BCUT2D eigenvalue weighted by Gasteiger charge is 2.25. The number of halogens is 1. The molecule has 5 nitrogen and oxygen atoms in total. The Labute approximate surface area is 195 Å². The van der Waals surface area contributed by atoms with Crippen LogP contribution in [0.25, 0.3) is 10.9 Å². The monoisotopic (exact) mass is 448 g/mol. The van der Waals surface area contributed by atoms with Crippen molar-refractivity contribution in [2.45, 2.75) is 19.4 Å². The summed E-state index contributed by atoms with van der Waals surface area (Å²) in [6.07, 6.45) is 3.92. The number of pyridine rings is 1. The SMILES string of the molecule is CN(C)CCN(C[C@H]1CCCN(Cc2ccccc2F)C1)C(=O)c1ccc2ncccc2c1. The van der Waals surface area contributed by atoms with E-state index < -0.39 is 0 Å². The van der Waals surface area contributed by atoms with Crippen LogP contribution in [0, 0.1) is 11.7 Å². The quantitative estimate of drug-likeness (QED) is 0.515. The lowest BCUT2D eigenvalue weighted by Crippen LogP contribution is -2.44. The first kappa shape index (κ1) is 23.3. The number of piperidine rings is 1. The Bertz CT molecular complexity index is 1090. The van der Waals surface area contributed by atoms with Crippen molar-refractivity contribution in [3.63, 3.8) is 0 Å². The van der Waals surface area contributed by atoms with Crippen molar-refractivity contribution in [3.05, 3.63) is 77.7 Å². The molecule has 1 saturated heterocycles. The van der Waals surface area contributed by atoms with E-state index in [1.165, 1.54) is 6.07 Å². The first-order chi connectivity index (χ1) is 16.0. The molecule has 1 aromatic heterocycles. The van der Waals surface area contributed by atoms with Gasteiger partial charge in [0, 0.05) is 55.4 Å². The molecule has 0 radical (unpaired) electrons. The molecule has 2 aromatic carbocycles. The molecule has 0 bridgehead atoms. The van der Waals surface area contributed by atoms with E-state index in [-0.39, 0.29) is 11.7 Å². The summed E-state index contributed by atoms with van der Waals surface area (Å²) in [5.74, 6) is 0.292. The van der Waals surface area contributed by atoms with Crippen LogP contribution in [0.5, 0.6) is 0 Å². The third-order valence-electron chi connectivity index (χ3n) is 6.39. The zero-order valence-corrected chi connectivity index (χ0v) is 19.6. The Morgan fingerprint density at radius 3 is 2.79 bits per heavy atom. The third kappa shape index (κ3) is 6.15. The first-order valence-corrected chi connectivity index (χ1v) is 11.7. The standard InChI is InChI=1S/C27H33FN4O/c1-30(2)15-16-32(27(33)23-11-12-26-22(17-23)9-5-13-29-26)19-21-7-6-14-31(18-21)20-24-8-3-4-10-25(24)28/h3-5,8-13,17,21H,6-7,14-16,18-20H2,1-2H3/t21-/m0/s1. The van der Waals surface area contributed by atoms with Gasteiger partial charge < -0.3 is 9.80 Å². The summed E-state index contributed by atoms with van der Waals surface area (Å²) >= 11 is 0. The summed E-state index contributed by atoms with van der Waals surface area (Å²) in [6.45, 7) is 4.67. The number of aromatic nitrogens is 1. The lowest BCUT2D eigenvalue weighted by Gasteiger charge is -2.36. The maximum absolute atomic E-state index is 14.1. The number of rotatable bonds is 8. The van der Waals surface area contributed by atoms with Gasteiger partial charge in [-0.1, -0.05) is 24.3 Å². The predicted octanol–water partition coefficient (Wildman–Crippen LogP) is 4.29. The molecule has 3 aromatic rings. The minimum absolute atomic E-state index is 0.0637. The average Bonchev–Trinajstić information content (AvgIpc) is 2.82. The molecule has 2 heterocycles. The Hall–Kier alpha value is -2.83. The highest BCUT2D eigenvalue weighted by molar-refractivity contribution is 5.97. The number of fused-ring (bicyclic) bond motifs is 1. The zero-order chi connectivity index (χ0) is 23.2. The van der Waals surface area contributed by atoms with Crippen LogP contribution in [0.4, 0.5) is 4.39 Å². The van der Waals surface area contributed by atoms with E-state index in [4.69, 9.17) is 0 Å². The van der Waals surface area contributed by atoms with Gasteiger partial charge in [-0.3, -0.25) is 14.7 Å². The van der Waals surface area contributed by atoms with Crippen molar-refractivity contribution in [1.29, 1.82) is 0 Å². The second-order valence-corrected chi connectivity index (χ2v) is 9.30. The molecule has 174 valence electrons. The Balaban J connectivity index is 1.46. The molecular formula is C27H33FN4O. The number of benzene rings is 2. The predicted molar refractivity (Wildman–Crippen MR) is 131 cm³/mol. The van der Waals surface area contributed by atoms with Crippen LogP contribution in [-0.2, 0) is 6.54 Å². The number of carbonyl (C=O) groups is 1. The van der Waals surface area contributed by atoms with Gasteiger partial charge in [-0.2, -0.15) is 0 Å². The van der Waals surface area contributed by atoms with Gasteiger partial charge in [0.25, 0.3) is 5.91 Å². The van der Waals surface area contributed by atoms with Gasteiger partial charge >= 0.3 is 0 Å². The van der Waals surface area contributed by atoms with E-state index in [1.54, 1.807) is 12.3 Å². The molecule has 0 saturated carbocycles. The molecule has 0 unspecified atom stereocenters. The van der Waals surface area contributed by atoms with Gasteiger partial charge in [0.2, 0.25) is 0 Å². The van der Waals surface area contributed by atoms with Crippen LogP contribution in [-0.4, -0.2) is 72.4 Å². The number of likely N-dealkylation sites (N-methyl/N-ethyl adjacent to an activating group) is 1. The van der Waals surface area contributed by atoms with Crippen LogP contribution < -0.4 is 0 Å². The van der Waals surface area contributed by atoms with Crippen molar-refractivity contribution < 1.29 is 9.18 Å². The normalized spacial score (nSPS) is 16.9. The van der Waals surface area contributed by atoms with E-state index in [0.717, 1.165) is 48.9 Å². The van der Waals surface area contributed by atoms with Crippen molar-refractivity contribution in [1.82, 2.24) is 19.7 Å². The van der Waals surface area contributed by atoms with Crippen LogP contribution in [0.1, 0.15) is 28.8 Å². The first-order valence-electron chi connectivity index (χ1n) is 11.7. The number of likely N-dealkylation sites (tertiary alicyclic amines) is 1. The van der Waals surface area contributed by atoms with Gasteiger partial charge in [0.1, 0.15) is 5.82 Å². The number of carbonyl (C=O) groups excluding carboxylic acids is 1. The number of hydrogen-bond acceptors (Lipinski definition) is 4. The summed E-state index contributed by atoms with van der Waals surface area (Å²) in [5, 5.41) is 0.977. The van der Waals surface area contributed by atoms with Crippen molar-refractivity contribution in [3.8, 4) is 0 Å². The summed E-state index contributed by atoms with van der Waals surface area (Å²) < 4.78 is 14.1. The molecule has 6 heteroatoms. The lowest BCUT2D eigenvalue weighted by atomic mass is 9.96. The third-order valence-corrected chi connectivity index (χ3v) is 6.39. The molecule has 0 N–H and O–H groups in total. The highest BCUT2D eigenvalue weighted by Crippen LogP contribution is 2.22. The van der Waals surface area contributed by atoms with Crippen LogP contribution in [0.15, 0.2) is 60.8 Å². The Kier molecular flexibility index (Phi) is 7.68. The Morgan fingerprint density at radius 2 is 1.97 bits per heavy atom. The number of hydrogen-bond donors (Lipinski definition) is 0. The molecular weight excluding hydrogens is 415 g/mol. The van der Waals surface area contributed by atoms with E-state index in [9.17, 15) is 9.18 Å². The second-order valence-electron chi connectivity index (χ2n) is 9.30. The number of nitrogens with zero attached hydrogens (tertiary/aromatic N) is 4. The van der Waals surface area contributed by atoms with Crippen LogP contribution in [0.2, 0.25) is 0 Å². The molecule has 0 spiro atoms.